The van der Waals surface area contributed by atoms with Gasteiger partial charge >= 0.3 is 0 Å². The van der Waals surface area contributed by atoms with E-state index in [4.69, 9.17) is 13.6 Å². The summed E-state index contributed by atoms with van der Waals surface area (Å²) in [5.74, 6) is -0.0410. The van der Waals surface area contributed by atoms with Gasteiger partial charge in [0.05, 0.1) is 24.5 Å². The van der Waals surface area contributed by atoms with Gasteiger partial charge in [0.2, 0.25) is 0 Å². The summed E-state index contributed by atoms with van der Waals surface area (Å²) in [6.07, 6.45) is 8.17. The number of carbonyl (C=O) groups excluding carboxylic acids is 1. The summed E-state index contributed by atoms with van der Waals surface area (Å²) in [7, 11) is 0. The van der Waals surface area contributed by atoms with Gasteiger partial charge in [-0.25, -0.2) is 9.97 Å². The topological polar surface area (TPSA) is 81.6 Å². The van der Waals surface area contributed by atoms with Crippen LogP contribution in [0.3, 0.4) is 0 Å². The molecule has 0 aromatic carbocycles. The highest BCUT2D eigenvalue weighted by Gasteiger charge is 2.28. The predicted molar refractivity (Wildman–Crippen MR) is 70.9 cm³/mol. The molecule has 7 heteroatoms. The maximum Gasteiger partial charge on any atom is 0.252 e. The molecule has 1 amide bonds. The van der Waals surface area contributed by atoms with E-state index in [-0.39, 0.29) is 12.0 Å². The summed E-state index contributed by atoms with van der Waals surface area (Å²) in [6.45, 7) is 1.36. The van der Waals surface area contributed by atoms with Crippen LogP contribution in [0, 0.1) is 0 Å². The van der Waals surface area contributed by atoms with Gasteiger partial charge in [-0.15, -0.1) is 0 Å². The van der Waals surface area contributed by atoms with E-state index in [2.05, 4.69) is 9.97 Å². The second kappa shape index (κ2) is 6.53. The van der Waals surface area contributed by atoms with Crippen molar-refractivity contribution in [2.24, 2.45) is 0 Å². The number of aromatic nitrogens is 2. The van der Waals surface area contributed by atoms with E-state index in [0.29, 0.717) is 31.1 Å². The Morgan fingerprint density at radius 2 is 1.81 bits per heavy atom. The van der Waals surface area contributed by atoms with Crippen molar-refractivity contribution < 1.29 is 18.4 Å². The van der Waals surface area contributed by atoms with Crippen LogP contribution < -0.4 is 0 Å². The number of hydrogen-bond donors (Lipinski definition) is 0. The van der Waals surface area contributed by atoms with Crippen molar-refractivity contribution >= 4 is 5.91 Å². The lowest BCUT2D eigenvalue weighted by Crippen LogP contribution is -2.41. The van der Waals surface area contributed by atoms with Crippen molar-refractivity contribution in [2.75, 3.05) is 6.61 Å². The Hall–Kier alpha value is -2.15. The maximum atomic E-state index is 12.6. The molecule has 1 unspecified atom stereocenters. The van der Waals surface area contributed by atoms with E-state index in [0.717, 1.165) is 19.3 Å². The van der Waals surface area contributed by atoms with Gasteiger partial charge < -0.3 is 18.5 Å². The standard InChI is InChI=1S/C14H17N3O4/c18-14(13-3-1-2-4-21-13)17(5-11-7-19-9-15-11)6-12-8-20-10-16-12/h7-10,13H,1-6H2. The molecule has 0 aliphatic carbocycles. The van der Waals surface area contributed by atoms with Gasteiger partial charge in [-0.2, -0.15) is 0 Å². The Balaban J connectivity index is 1.72. The smallest absolute Gasteiger partial charge is 0.252 e. The molecule has 3 heterocycles. The number of rotatable bonds is 5. The number of oxazole rings is 2. The van der Waals surface area contributed by atoms with E-state index in [9.17, 15) is 4.79 Å². The molecule has 1 aliphatic rings. The van der Waals surface area contributed by atoms with Gasteiger partial charge in [0.25, 0.3) is 5.91 Å². The van der Waals surface area contributed by atoms with Crippen molar-refractivity contribution in [3.8, 4) is 0 Å². The maximum absolute atomic E-state index is 12.6. The van der Waals surface area contributed by atoms with Gasteiger partial charge in [0, 0.05) is 6.61 Å². The second-order valence-electron chi connectivity index (χ2n) is 5.01. The number of amides is 1. The second-order valence-corrected chi connectivity index (χ2v) is 5.01. The minimum Gasteiger partial charge on any atom is -0.451 e. The molecular weight excluding hydrogens is 274 g/mol. The Bertz CT molecular complexity index is 511. The molecule has 112 valence electrons. The van der Waals surface area contributed by atoms with Crippen LogP contribution in [0.5, 0.6) is 0 Å². The Morgan fingerprint density at radius 3 is 2.29 bits per heavy atom. The van der Waals surface area contributed by atoms with Crippen LogP contribution >= 0.6 is 0 Å². The Morgan fingerprint density at radius 1 is 1.14 bits per heavy atom. The van der Waals surface area contributed by atoms with Crippen LogP contribution in [0.2, 0.25) is 0 Å². The third-order valence-electron chi connectivity index (χ3n) is 3.44. The molecule has 1 atom stereocenters. The van der Waals surface area contributed by atoms with Crippen molar-refractivity contribution in [1.29, 1.82) is 0 Å². The third-order valence-corrected chi connectivity index (χ3v) is 3.44. The van der Waals surface area contributed by atoms with E-state index < -0.39 is 0 Å². The van der Waals surface area contributed by atoms with Crippen molar-refractivity contribution in [2.45, 2.75) is 38.5 Å². The van der Waals surface area contributed by atoms with E-state index in [1.807, 2.05) is 0 Å². The fourth-order valence-electron chi connectivity index (χ4n) is 2.37. The van der Waals surface area contributed by atoms with E-state index in [1.165, 1.54) is 25.3 Å². The van der Waals surface area contributed by atoms with Crippen molar-refractivity contribution in [3.63, 3.8) is 0 Å². The number of ether oxygens (including phenoxy) is 1. The molecule has 7 nitrogen and oxygen atoms in total. The highest BCUT2D eigenvalue weighted by Crippen LogP contribution is 2.18. The van der Waals surface area contributed by atoms with Gasteiger partial charge in [-0.05, 0) is 19.3 Å². The van der Waals surface area contributed by atoms with Crippen LogP contribution in [0.15, 0.2) is 34.1 Å². The fourth-order valence-corrected chi connectivity index (χ4v) is 2.37. The van der Waals surface area contributed by atoms with Gasteiger partial charge in [0.15, 0.2) is 12.8 Å². The zero-order valence-corrected chi connectivity index (χ0v) is 11.6. The summed E-state index contributed by atoms with van der Waals surface area (Å²) < 4.78 is 15.5. The summed E-state index contributed by atoms with van der Waals surface area (Å²) >= 11 is 0. The predicted octanol–water partition coefficient (Wildman–Crippen LogP) is 1.76. The first-order chi connectivity index (χ1) is 10.3. The van der Waals surface area contributed by atoms with Crippen LogP contribution in [-0.4, -0.2) is 33.5 Å². The molecule has 1 saturated heterocycles. The lowest BCUT2D eigenvalue weighted by molar-refractivity contribution is -0.148. The summed E-state index contributed by atoms with van der Waals surface area (Å²) in [5, 5.41) is 0. The quantitative estimate of drug-likeness (QED) is 0.835. The molecule has 2 aromatic heterocycles. The van der Waals surface area contributed by atoms with Gasteiger partial charge in [-0.3, -0.25) is 4.79 Å². The van der Waals surface area contributed by atoms with E-state index in [1.54, 1.807) is 4.90 Å². The lowest BCUT2D eigenvalue weighted by atomic mass is 10.1. The summed E-state index contributed by atoms with van der Waals surface area (Å²) in [4.78, 5) is 22.4. The number of nitrogens with zero attached hydrogens (tertiary/aromatic N) is 3. The zero-order valence-electron chi connectivity index (χ0n) is 11.6. The monoisotopic (exact) mass is 291 g/mol. The molecule has 0 bridgehead atoms. The fraction of sp³-hybridized carbons (Fsp3) is 0.500. The highest BCUT2D eigenvalue weighted by molar-refractivity contribution is 5.81. The SMILES string of the molecule is O=C(C1CCCCO1)N(Cc1cocn1)Cc1cocn1. The molecule has 0 spiro atoms. The highest BCUT2D eigenvalue weighted by atomic mass is 16.5. The first kappa shape index (κ1) is 13.8. The summed E-state index contributed by atoms with van der Waals surface area (Å²) in [6, 6.07) is 0. The van der Waals surface area contributed by atoms with E-state index >= 15 is 0 Å². The van der Waals surface area contributed by atoms with Crippen LogP contribution in [0.25, 0.3) is 0 Å². The zero-order chi connectivity index (χ0) is 14.5. The molecule has 1 fully saturated rings. The molecule has 1 aliphatic heterocycles. The normalized spacial score (nSPS) is 18.6. The molecular formula is C14H17N3O4. The molecule has 0 N–H and O–H groups in total. The van der Waals surface area contributed by atoms with Crippen molar-refractivity contribution in [1.82, 2.24) is 14.9 Å². The third kappa shape index (κ3) is 3.49. The van der Waals surface area contributed by atoms with Gasteiger partial charge in [-0.1, -0.05) is 0 Å². The van der Waals surface area contributed by atoms with Crippen LogP contribution in [0.4, 0.5) is 0 Å². The molecule has 3 rings (SSSR count). The summed E-state index contributed by atoms with van der Waals surface area (Å²) in [5.41, 5.74) is 1.39. The lowest BCUT2D eigenvalue weighted by Gasteiger charge is -2.28. The minimum absolute atomic E-state index is 0.0410. The minimum atomic E-state index is -0.377. The number of carbonyl (C=O) groups is 1. The first-order valence-electron chi connectivity index (χ1n) is 6.97. The Kier molecular flexibility index (Phi) is 4.30. The average Bonchev–Trinajstić information content (AvgIpc) is 3.20. The molecule has 0 radical (unpaired) electrons. The molecule has 21 heavy (non-hydrogen) atoms. The average molecular weight is 291 g/mol. The van der Waals surface area contributed by atoms with Gasteiger partial charge in [0.1, 0.15) is 18.6 Å². The molecule has 2 aromatic rings. The Labute approximate surface area is 121 Å². The van der Waals surface area contributed by atoms with Crippen molar-refractivity contribution in [3.05, 3.63) is 36.7 Å². The largest absolute Gasteiger partial charge is 0.451 e. The first-order valence-corrected chi connectivity index (χ1v) is 6.97. The van der Waals surface area contributed by atoms with Crippen LogP contribution in [-0.2, 0) is 22.6 Å². The molecule has 0 saturated carbocycles. The number of hydrogen-bond acceptors (Lipinski definition) is 6. The van der Waals surface area contributed by atoms with Crippen LogP contribution in [0.1, 0.15) is 30.7 Å².